The lowest BCUT2D eigenvalue weighted by atomic mass is 9.78. The predicted octanol–water partition coefficient (Wildman–Crippen LogP) is 2.07. The molecule has 6 nitrogen and oxygen atoms in total. The molecule has 2 aliphatic rings. The molecule has 1 aromatic heterocycles. The number of benzene rings is 1. The molecule has 1 aromatic carbocycles. The van der Waals surface area contributed by atoms with Crippen molar-refractivity contribution in [2.24, 2.45) is 11.8 Å². The molecule has 2 heterocycles. The Hall–Kier alpha value is -2.05. The second-order valence-electron chi connectivity index (χ2n) is 7.10. The van der Waals surface area contributed by atoms with E-state index < -0.39 is 6.10 Å². The van der Waals surface area contributed by atoms with Gasteiger partial charge in [0.1, 0.15) is 11.9 Å². The summed E-state index contributed by atoms with van der Waals surface area (Å²) < 4.78 is 11.5. The number of para-hydroxylation sites is 2. The van der Waals surface area contributed by atoms with Gasteiger partial charge in [0.15, 0.2) is 11.5 Å². The first-order valence-corrected chi connectivity index (χ1v) is 8.91. The number of nitrogens with one attached hydrogen (secondary N) is 1. The van der Waals surface area contributed by atoms with Crippen LogP contribution in [0.2, 0.25) is 0 Å². The zero-order valence-electron chi connectivity index (χ0n) is 14.5. The summed E-state index contributed by atoms with van der Waals surface area (Å²) in [5.41, 5.74) is 0. The van der Waals surface area contributed by atoms with Crippen LogP contribution in [-0.2, 0) is 6.54 Å². The van der Waals surface area contributed by atoms with Crippen LogP contribution in [0.3, 0.4) is 0 Å². The Labute approximate surface area is 147 Å². The number of aromatic amines is 1. The van der Waals surface area contributed by atoms with E-state index in [4.69, 9.17) is 9.47 Å². The van der Waals surface area contributed by atoms with E-state index in [1.165, 1.54) is 0 Å². The Morgan fingerprint density at radius 3 is 2.68 bits per heavy atom. The molecule has 134 valence electrons. The van der Waals surface area contributed by atoms with Gasteiger partial charge in [-0.15, -0.1) is 0 Å². The summed E-state index contributed by atoms with van der Waals surface area (Å²) in [6.07, 6.45) is 4.70. The number of ether oxygens (including phenoxy) is 2. The van der Waals surface area contributed by atoms with Crippen molar-refractivity contribution in [1.82, 2.24) is 14.9 Å². The lowest BCUT2D eigenvalue weighted by Gasteiger charge is -2.35. The number of aromatic nitrogens is 2. The SMILES string of the molecule is COc1ccccc1O[C@@H]1C[C@@H]2CN(Cc3ncc[nH]3)C[C@@H]2C[C@H]1O. The fourth-order valence-corrected chi connectivity index (χ4v) is 4.22. The molecule has 1 aliphatic heterocycles. The average molecular weight is 343 g/mol. The van der Waals surface area contributed by atoms with Gasteiger partial charge in [-0.1, -0.05) is 12.1 Å². The highest BCUT2D eigenvalue weighted by Gasteiger charge is 2.42. The van der Waals surface area contributed by atoms with Gasteiger partial charge in [-0.2, -0.15) is 0 Å². The standard InChI is InChI=1S/C19H25N3O3/c1-24-16-4-2-3-5-17(16)25-18-9-14-11-22(10-13(14)8-15(18)23)12-19-20-6-7-21-19/h2-7,13-15,18,23H,8-12H2,1H3,(H,20,21)/t13-,14+,15+,18+/m0/s1. The van der Waals surface area contributed by atoms with Crippen molar-refractivity contribution in [2.75, 3.05) is 20.2 Å². The number of methoxy groups -OCH3 is 1. The number of likely N-dealkylation sites (tertiary alicyclic amines) is 1. The van der Waals surface area contributed by atoms with Gasteiger partial charge >= 0.3 is 0 Å². The molecule has 2 aromatic rings. The van der Waals surface area contributed by atoms with Crippen LogP contribution in [0.15, 0.2) is 36.7 Å². The Morgan fingerprint density at radius 2 is 1.96 bits per heavy atom. The van der Waals surface area contributed by atoms with E-state index in [1.54, 1.807) is 13.3 Å². The fraction of sp³-hybridized carbons (Fsp3) is 0.526. The minimum absolute atomic E-state index is 0.180. The third-order valence-corrected chi connectivity index (χ3v) is 5.44. The maximum Gasteiger partial charge on any atom is 0.161 e. The van der Waals surface area contributed by atoms with Gasteiger partial charge in [0, 0.05) is 25.5 Å². The summed E-state index contributed by atoms with van der Waals surface area (Å²) >= 11 is 0. The quantitative estimate of drug-likeness (QED) is 0.870. The molecule has 1 aliphatic carbocycles. The van der Waals surface area contributed by atoms with Crippen LogP contribution in [0.25, 0.3) is 0 Å². The maximum absolute atomic E-state index is 10.6. The Kier molecular flexibility index (Phi) is 4.63. The monoisotopic (exact) mass is 343 g/mol. The third-order valence-electron chi connectivity index (χ3n) is 5.44. The van der Waals surface area contributed by atoms with Crippen LogP contribution in [0.5, 0.6) is 11.5 Å². The van der Waals surface area contributed by atoms with Crippen molar-refractivity contribution in [1.29, 1.82) is 0 Å². The molecule has 0 amide bonds. The van der Waals surface area contributed by atoms with Crippen molar-refractivity contribution >= 4 is 0 Å². The largest absolute Gasteiger partial charge is 0.493 e. The lowest BCUT2D eigenvalue weighted by molar-refractivity contribution is -0.0240. The van der Waals surface area contributed by atoms with E-state index in [2.05, 4.69) is 14.9 Å². The fourth-order valence-electron chi connectivity index (χ4n) is 4.22. The summed E-state index contributed by atoms with van der Waals surface area (Å²) in [4.78, 5) is 9.91. The van der Waals surface area contributed by atoms with Gasteiger partial charge in [0.25, 0.3) is 0 Å². The molecular weight excluding hydrogens is 318 g/mol. The Morgan fingerprint density at radius 1 is 1.20 bits per heavy atom. The zero-order chi connectivity index (χ0) is 17.2. The first kappa shape index (κ1) is 16.4. The van der Waals surface area contributed by atoms with Crippen LogP contribution in [-0.4, -0.2) is 52.4 Å². The van der Waals surface area contributed by atoms with Crippen LogP contribution in [0.4, 0.5) is 0 Å². The van der Waals surface area contributed by atoms with E-state index in [9.17, 15) is 5.11 Å². The number of imidazole rings is 1. The first-order valence-electron chi connectivity index (χ1n) is 8.91. The molecule has 0 unspecified atom stereocenters. The van der Waals surface area contributed by atoms with Gasteiger partial charge in [0.05, 0.1) is 19.8 Å². The normalized spacial score (nSPS) is 29.4. The van der Waals surface area contributed by atoms with E-state index in [0.29, 0.717) is 23.3 Å². The lowest BCUT2D eigenvalue weighted by Crippen LogP contribution is -2.42. The molecule has 0 bridgehead atoms. The Bertz CT molecular complexity index is 691. The van der Waals surface area contributed by atoms with E-state index >= 15 is 0 Å². The molecule has 6 heteroatoms. The second-order valence-corrected chi connectivity index (χ2v) is 7.10. The van der Waals surface area contributed by atoms with Crippen molar-refractivity contribution in [2.45, 2.75) is 31.6 Å². The summed E-state index contributed by atoms with van der Waals surface area (Å²) in [6.45, 7) is 2.89. The number of H-pyrrole nitrogens is 1. The molecule has 2 fully saturated rings. The molecule has 0 spiro atoms. The third kappa shape index (κ3) is 3.50. The predicted molar refractivity (Wildman–Crippen MR) is 93.5 cm³/mol. The van der Waals surface area contributed by atoms with Crippen molar-refractivity contribution < 1.29 is 14.6 Å². The highest BCUT2D eigenvalue weighted by Crippen LogP contribution is 2.39. The average Bonchev–Trinajstić information content (AvgIpc) is 3.25. The van der Waals surface area contributed by atoms with Crippen molar-refractivity contribution in [3.05, 3.63) is 42.5 Å². The molecular formula is C19H25N3O3. The number of hydrogen-bond donors (Lipinski definition) is 2. The minimum atomic E-state index is -0.435. The Balaban J connectivity index is 1.40. The highest BCUT2D eigenvalue weighted by atomic mass is 16.5. The van der Waals surface area contributed by atoms with E-state index in [-0.39, 0.29) is 6.10 Å². The number of fused-ring (bicyclic) bond motifs is 1. The first-order chi connectivity index (χ1) is 12.2. The molecule has 2 N–H and O–H groups in total. The molecule has 25 heavy (non-hydrogen) atoms. The summed E-state index contributed by atoms with van der Waals surface area (Å²) in [6, 6.07) is 7.63. The smallest absolute Gasteiger partial charge is 0.161 e. The number of nitrogens with zero attached hydrogens (tertiary/aromatic N) is 2. The number of hydrogen-bond acceptors (Lipinski definition) is 5. The summed E-state index contributed by atoms with van der Waals surface area (Å²) in [5, 5.41) is 10.6. The summed E-state index contributed by atoms with van der Waals surface area (Å²) in [5.74, 6) is 3.50. The molecule has 1 saturated heterocycles. The van der Waals surface area contributed by atoms with Crippen LogP contribution < -0.4 is 9.47 Å². The molecule has 1 saturated carbocycles. The van der Waals surface area contributed by atoms with Gasteiger partial charge in [-0.25, -0.2) is 4.98 Å². The number of aliphatic hydroxyl groups excluding tert-OH is 1. The van der Waals surface area contributed by atoms with Crippen LogP contribution in [0, 0.1) is 11.8 Å². The minimum Gasteiger partial charge on any atom is -0.493 e. The topological polar surface area (TPSA) is 70.6 Å². The van der Waals surface area contributed by atoms with Gasteiger partial charge < -0.3 is 19.6 Å². The molecule has 4 atom stereocenters. The van der Waals surface area contributed by atoms with Gasteiger partial charge in [0.2, 0.25) is 0 Å². The summed E-state index contributed by atoms with van der Waals surface area (Å²) in [7, 11) is 1.64. The number of aliphatic hydroxyl groups is 1. The van der Waals surface area contributed by atoms with Gasteiger partial charge in [-0.05, 0) is 36.8 Å². The zero-order valence-corrected chi connectivity index (χ0v) is 14.5. The molecule has 4 rings (SSSR count). The van der Waals surface area contributed by atoms with Crippen molar-refractivity contribution in [3.8, 4) is 11.5 Å². The second kappa shape index (κ2) is 7.06. The molecule has 0 radical (unpaired) electrons. The van der Waals surface area contributed by atoms with Gasteiger partial charge in [-0.3, -0.25) is 4.90 Å². The maximum atomic E-state index is 10.6. The highest BCUT2D eigenvalue weighted by molar-refractivity contribution is 5.39. The van der Waals surface area contributed by atoms with Crippen LogP contribution >= 0.6 is 0 Å². The van der Waals surface area contributed by atoms with Crippen molar-refractivity contribution in [3.63, 3.8) is 0 Å². The van der Waals surface area contributed by atoms with E-state index in [0.717, 1.165) is 38.3 Å². The van der Waals surface area contributed by atoms with E-state index in [1.807, 2.05) is 30.5 Å². The number of rotatable bonds is 5. The van der Waals surface area contributed by atoms with Crippen LogP contribution in [0.1, 0.15) is 18.7 Å².